The van der Waals surface area contributed by atoms with Crippen LogP contribution in [0.15, 0.2) is 24.3 Å². The van der Waals surface area contributed by atoms with Gasteiger partial charge in [0.05, 0.1) is 0 Å². The maximum atomic E-state index is 12.1. The second kappa shape index (κ2) is 7.22. The van der Waals surface area contributed by atoms with Gasteiger partial charge in [0.1, 0.15) is 5.78 Å². The molecule has 0 radical (unpaired) electrons. The van der Waals surface area contributed by atoms with E-state index in [9.17, 15) is 4.79 Å². The molecule has 21 heavy (non-hydrogen) atoms. The predicted molar refractivity (Wildman–Crippen MR) is 88.7 cm³/mol. The van der Waals surface area contributed by atoms with Crippen LogP contribution in [0.3, 0.4) is 0 Å². The molecule has 1 saturated heterocycles. The van der Waals surface area contributed by atoms with Gasteiger partial charge in [0, 0.05) is 18.9 Å². The number of nitrogens with one attached hydrogen (secondary N) is 1. The number of hydrogen-bond donors (Lipinski definition) is 1. The molecule has 1 aliphatic heterocycles. The van der Waals surface area contributed by atoms with Gasteiger partial charge in [0.15, 0.2) is 0 Å². The molecule has 1 atom stereocenters. The molecular formula is C19H29NO. The predicted octanol–water partition coefficient (Wildman–Crippen LogP) is 4.02. The number of carbonyl (C=O) groups excluding carboxylic acids is 1. The van der Waals surface area contributed by atoms with E-state index in [1.807, 2.05) is 0 Å². The van der Waals surface area contributed by atoms with E-state index >= 15 is 0 Å². The molecule has 1 aromatic carbocycles. The molecule has 2 nitrogen and oxygen atoms in total. The molecule has 0 aromatic heterocycles. The number of piperidine rings is 1. The lowest BCUT2D eigenvalue weighted by molar-refractivity contribution is -0.118. The van der Waals surface area contributed by atoms with Gasteiger partial charge >= 0.3 is 0 Å². The number of Topliss-reactive ketones (excluding diaryl/α,β-unsaturated/α-hetero) is 1. The minimum absolute atomic E-state index is 0.176. The van der Waals surface area contributed by atoms with Crippen LogP contribution in [-0.4, -0.2) is 18.4 Å². The first kappa shape index (κ1) is 16.2. The van der Waals surface area contributed by atoms with Crippen molar-refractivity contribution in [3.63, 3.8) is 0 Å². The Labute approximate surface area is 129 Å². The molecule has 0 aliphatic carbocycles. The van der Waals surface area contributed by atoms with Crippen molar-refractivity contribution in [3.8, 4) is 0 Å². The van der Waals surface area contributed by atoms with E-state index in [1.54, 1.807) is 0 Å². The van der Waals surface area contributed by atoms with Crippen LogP contribution in [-0.2, 0) is 16.6 Å². The van der Waals surface area contributed by atoms with Crippen molar-refractivity contribution in [1.82, 2.24) is 5.32 Å². The van der Waals surface area contributed by atoms with Gasteiger partial charge in [-0.2, -0.15) is 0 Å². The van der Waals surface area contributed by atoms with Gasteiger partial charge in [-0.25, -0.2) is 0 Å². The molecule has 1 heterocycles. The van der Waals surface area contributed by atoms with E-state index in [-0.39, 0.29) is 5.41 Å². The van der Waals surface area contributed by atoms with Gasteiger partial charge < -0.3 is 5.32 Å². The van der Waals surface area contributed by atoms with Crippen LogP contribution in [0.2, 0.25) is 0 Å². The maximum Gasteiger partial charge on any atom is 0.137 e. The van der Waals surface area contributed by atoms with Gasteiger partial charge in [-0.1, -0.05) is 51.5 Å². The fourth-order valence-corrected chi connectivity index (χ4v) is 2.94. The number of carbonyl (C=O) groups is 1. The zero-order chi connectivity index (χ0) is 15.3. The van der Waals surface area contributed by atoms with Gasteiger partial charge in [-0.15, -0.1) is 0 Å². The quantitative estimate of drug-likeness (QED) is 0.886. The first-order valence-electron chi connectivity index (χ1n) is 8.29. The smallest absolute Gasteiger partial charge is 0.137 e. The Morgan fingerprint density at radius 2 is 1.90 bits per heavy atom. The van der Waals surface area contributed by atoms with Gasteiger partial charge in [-0.05, 0) is 42.3 Å². The molecule has 1 unspecified atom stereocenters. The minimum Gasteiger partial charge on any atom is -0.314 e. The van der Waals surface area contributed by atoms with E-state index in [2.05, 4.69) is 50.4 Å². The topological polar surface area (TPSA) is 29.1 Å². The summed E-state index contributed by atoms with van der Waals surface area (Å²) in [5, 5.41) is 3.51. The third-order valence-corrected chi connectivity index (χ3v) is 4.41. The number of ketones is 1. The molecule has 0 spiro atoms. The van der Waals surface area contributed by atoms with Crippen LogP contribution in [0.25, 0.3) is 0 Å². The number of benzene rings is 1. The van der Waals surface area contributed by atoms with E-state index < -0.39 is 0 Å². The Hall–Kier alpha value is -1.15. The third-order valence-electron chi connectivity index (χ3n) is 4.41. The Balaban J connectivity index is 1.79. The molecule has 1 fully saturated rings. The Kier molecular flexibility index (Phi) is 5.58. The van der Waals surface area contributed by atoms with Crippen molar-refractivity contribution in [1.29, 1.82) is 0 Å². The van der Waals surface area contributed by atoms with Crippen LogP contribution in [0, 0.1) is 0 Å². The second-order valence-corrected chi connectivity index (χ2v) is 7.35. The van der Waals surface area contributed by atoms with Gasteiger partial charge in [0.25, 0.3) is 0 Å². The van der Waals surface area contributed by atoms with E-state index in [0.29, 0.717) is 24.7 Å². The fourth-order valence-electron chi connectivity index (χ4n) is 2.94. The van der Waals surface area contributed by atoms with Crippen molar-refractivity contribution in [2.45, 2.75) is 70.8 Å². The summed E-state index contributed by atoms with van der Waals surface area (Å²) in [6.45, 7) is 7.76. The normalized spacial score (nSPS) is 19.5. The summed E-state index contributed by atoms with van der Waals surface area (Å²) in [6.07, 6.45) is 6.10. The largest absolute Gasteiger partial charge is 0.314 e. The van der Waals surface area contributed by atoms with Crippen molar-refractivity contribution >= 4 is 5.78 Å². The minimum atomic E-state index is 0.176. The average Bonchev–Trinajstić information content (AvgIpc) is 2.46. The summed E-state index contributed by atoms with van der Waals surface area (Å²) in [5.41, 5.74) is 2.64. The van der Waals surface area contributed by atoms with Crippen LogP contribution in [0.5, 0.6) is 0 Å². The first-order valence-corrected chi connectivity index (χ1v) is 8.29. The summed E-state index contributed by atoms with van der Waals surface area (Å²) in [4.78, 5) is 12.1. The molecule has 1 aromatic rings. The summed E-state index contributed by atoms with van der Waals surface area (Å²) >= 11 is 0. The molecule has 116 valence electrons. The highest BCUT2D eigenvalue weighted by atomic mass is 16.1. The fraction of sp³-hybridized carbons (Fsp3) is 0.632. The van der Waals surface area contributed by atoms with Gasteiger partial charge in [0.2, 0.25) is 0 Å². The molecule has 1 N–H and O–H groups in total. The Bertz CT molecular complexity index is 449. The van der Waals surface area contributed by atoms with E-state index in [1.165, 1.54) is 24.8 Å². The Morgan fingerprint density at radius 3 is 2.48 bits per heavy atom. The molecular weight excluding hydrogens is 258 g/mol. The number of rotatable bonds is 5. The summed E-state index contributed by atoms with van der Waals surface area (Å²) in [7, 11) is 0. The van der Waals surface area contributed by atoms with Gasteiger partial charge in [-0.3, -0.25) is 4.79 Å². The van der Waals surface area contributed by atoms with Crippen LogP contribution >= 0.6 is 0 Å². The lowest BCUT2D eigenvalue weighted by atomic mass is 9.86. The highest BCUT2D eigenvalue weighted by Crippen LogP contribution is 2.22. The molecule has 2 rings (SSSR count). The standard InChI is InChI=1S/C19H29NO/c1-19(2,3)16-9-7-15(8-10-16)14-18(21)12-11-17-6-4-5-13-20-17/h7-10,17,20H,4-6,11-14H2,1-3H3. The Morgan fingerprint density at radius 1 is 1.19 bits per heavy atom. The molecule has 0 amide bonds. The highest BCUT2D eigenvalue weighted by molar-refractivity contribution is 5.80. The van der Waals surface area contributed by atoms with Crippen molar-refractivity contribution in [2.75, 3.05) is 6.54 Å². The monoisotopic (exact) mass is 287 g/mol. The summed E-state index contributed by atoms with van der Waals surface area (Å²) in [6, 6.07) is 9.09. The average molecular weight is 287 g/mol. The zero-order valence-corrected chi connectivity index (χ0v) is 13.7. The van der Waals surface area contributed by atoms with Crippen LogP contribution < -0.4 is 5.32 Å². The zero-order valence-electron chi connectivity index (χ0n) is 13.7. The van der Waals surface area contributed by atoms with Crippen LogP contribution in [0.1, 0.15) is 64.0 Å². The second-order valence-electron chi connectivity index (χ2n) is 7.35. The highest BCUT2D eigenvalue weighted by Gasteiger charge is 2.15. The maximum absolute atomic E-state index is 12.1. The van der Waals surface area contributed by atoms with E-state index in [4.69, 9.17) is 0 Å². The van der Waals surface area contributed by atoms with Crippen molar-refractivity contribution in [3.05, 3.63) is 35.4 Å². The molecule has 2 heteroatoms. The summed E-state index contributed by atoms with van der Waals surface area (Å²) < 4.78 is 0. The van der Waals surface area contributed by atoms with Crippen molar-refractivity contribution in [2.24, 2.45) is 0 Å². The third kappa shape index (κ3) is 5.28. The lowest BCUT2D eigenvalue weighted by Crippen LogP contribution is -2.34. The SMILES string of the molecule is CC(C)(C)c1ccc(CC(=O)CCC2CCCCN2)cc1. The molecule has 0 bridgehead atoms. The first-order chi connectivity index (χ1) is 9.95. The summed E-state index contributed by atoms with van der Waals surface area (Å²) in [5.74, 6) is 0.367. The van der Waals surface area contributed by atoms with Crippen LogP contribution in [0.4, 0.5) is 0 Å². The van der Waals surface area contributed by atoms with E-state index in [0.717, 1.165) is 18.5 Å². The lowest BCUT2D eigenvalue weighted by Gasteiger charge is -2.23. The number of hydrogen-bond acceptors (Lipinski definition) is 2. The molecule has 1 aliphatic rings. The van der Waals surface area contributed by atoms with Crippen molar-refractivity contribution < 1.29 is 4.79 Å². The molecule has 0 saturated carbocycles.